The van der Waals surface area contributed by atoms with Crippen LogP contribution in [0.2, 0.25) is 5.15 Å². The number of nitrogens with zero attached hydrogens (tertiary/aromatic N) is 2. The Morgan fingerprint density at radius 2 is 2.09 bits per heavy atom. The summed E-state index contributed by atoms with van der Waals surface area (Å²) in [6, 6.07) is -0.350. The van der Waals surface area contributed by atoms with Crippen molar-refractivity contribution in [3.63, 3.8) is 0 Å². The molecule has 1 amide bonds. The van der Waals surface area contributed by atoms with Crippen molar-refractivity contribution >= 4 is 61.7 Å². The molecular formula is C22H24ClN3O7S2. The van der Waals surface area contributed by atoms with E-state index >= 15 is 0 Å². The number of rotatable bonds is 7. The van der Waals surface area contributed by atoms with Gasteiger partial charge < -0.3 is 14.8 Å². The zero-order chi connectivity index (χ0) is 25.3. The second-order valence-electron chi connectivity index (χ2n) is 8.33. The summed E-state index contributed by atoms with van der Waals surface area (Å²) in [5.74, 6) is -1.81. The first-order valence-corrected chi connectivity index (χ1v) is 13.9. The fourth-order valence-electron chi connectivity index (χ4n) is 4.24. The summed E-state index contributed by atoms with van der Waals surface area (Å²) in [5.41, 5.74) is 2.26. The van der Waals surface area contributed by atoms with E-state index in [1.54, 1.807) is 6.92 Å². The van der Waals surface area contributed by atoms with Gasteiger partial charge in [-0.05, 0) is 44.2 Å². The Labute approximate surface area is 211 Å². The van der Waals surface area contributed by atoms with Gasteiger partial charge in [-0.1, -0.05) is 11.6 Å². The average Bonchev–Trinajstić information content (AvgIpc) is 3.54. The summed E-state index contributed by atoms with van der Waals surface area (Å²) in [6.07, 6.45) is 5.51. The van der Waals surface area contributed by atoms with Crippen LogP contribution in [-0.4, -0.2) is 61.3 Å². The van der Waals surface area contributed by atoms with E-state index in [-0.39, 0.29) is 22.7 Å². The van der Waals surface area contributed by atoms with Crippen LogP contribution in [0, 0.1) is 6.92 Å². The molecule has 0 aromatic carbocycles. The van der Waals surface area contributed by atoms with E-state index in [4.69, 9.17) is 21.1 Å². The molecule has 1 aliphatic carbocycles. The molecule has 13 heteroatoms. The number of aryl methyl sites for hydroxylation is 2. The van der Waals surface area contributed by atoms with Gasteiger partial charge in [-0.15, -0.1) is 11.3 Å². The molecule has 0 spiro atoms. The van der Waals surface area contributed by atoms with Gasteiger partial charge in [-0.2, -0.15) is 5.10 Å². The molecule has 2 aromatic rings. The zero-order valence-corrected chi connectivity index (χ0v) is 21.5. The van der Waals surface area contributed by atoms with Crippen molar-refractivity contribution < 1.29 is 32.3 Å². The maximum absolute atomic E-state index is 12.4. The molecule has 3 heterocycles. The van der Waals surface area contributed by atoms with Crippen molar-refractivity contribution in [1.29, 1.82) is 0 Å². The van der Waals surface area contributed by atoms with Crippen LogP contribution in [0.25, 0.3) is 6.08 Å². The molecule has 188 valence electrons. The number of anilines is 1. The number of carbonyl (C=O) groups is 3. The fourth-order valence-corrected chi connectivity index (χ4v) is 7.60. The molecular weight excluding hydrogens is 518 g/mol. The molecule has 2 aliphatic rings. The topological polar surface area (TPSA) is 134 Å². The second-order valence-corrected chi connectivity index (χ2v) is 12.0. The molecule has 1 aliphatic heterocycles. The van der Waals surface area contributed by atoms with E-state index in [1.165, 1.54) is 29.2 Å². The number of hydrogen-bond donors (Lipinski definition) is 1. The summed E-state index contributed by atoms with van der Waals surface area (Å²) in [6.45, 7) is 1.15. The van der Waals surface area contributed by atoms with E-state index < -0.39 is 34.3 Å². The van der Waals surface area contributed by atoms with Crippen LogP contribution >= 0.6 is 22.9 Å². The molecule has 1 N–H and O–H groups in total. The van der Waals surface area contributed by atoms with Crippen LogP contribution in [-0.2, 0) is 41.7 Å². The lowest BCUT2D eigenvalue weighted by molar-refractivity contribution is -0.142. The number of ether oxygens (including phenoxy) is 2. The predicted molar refractivity (Wildman–Crippen MR) is 131 cm³/mol. The number of hydrogen-bond acceptors (Lipinski definition) is 9. The van der Waals surface area contributed by atoms with Gasteiger partial charge >= 0.3 is 11.9 Å². The van der Waals surface area contributed by atoms with E-state index in [1.807, 2.05) is 0 Å². The predicted octanol–water partition coefficient (Wildman–Crippen LogP) is 2.74. The van der Waals surface area contributed by atoms with Crippen molar-refractivity contribution in [1.82, 2.24) is 9.78 Å². The molecule has 10 nitrogen and oxygen atoms in total. The van der Waals surface area contributed by atoms with Crippen molar-refractivity contribution in [2.45, 2.75) is 38.6 Å². The highest BCUT2D eigenvalue weighted by molar-refractivity contribution is 7.91. The molecule has 1 fully saturated rings. The highest BCUT2D eigenvalue weighted by Crippen LogP contribution is 2.39. The molecule has 1 unspecified atom stereocenters. The van der Waals surface area contributed by atoms with Crippen LogP contribution in [0.1, 0.15) is 50.9 Å². The summed E-state index contributed by atoms with van der Waals surface area (Å²) in [7, 11) is -1.82. The molecule has 1 saturated heterocycles. The maximum Gasteiger partial charge on any atom is 0.341 e. The third-order valence-corrected chi connectivity index (χ3v) is 9.25. The van der Waals surface area contributed by atoms with Crippen LogP contribution in [0.15, 0.2) is 6.08 Å². The molecule has 0 radical (unpaired) electrons. The lowest BCUT2D eigenvalue weighted by Crippen LogP contribution is -2.21. The molecule has 0 saturated carbocycles. The van der Waals surface area contributed by atoms with Crippen LogP contribution in [0.5, 0.6) is 0 Å². The van der Waals surface area contributed by atoms with Crippen molar-refractivity contribution in [2.75, 3.05) is 30.5 Å². The number of carbonyl (C=O) groups excluding carboxylic acids is 3. The average molecular weight is 542 g/mol. The smallest absolute Gasteiger partial charge is 0.341 e. The normalized spacial score (nSPS) is 18.5. The van der Waals surface area contributed by atoms with Gasteiger partial charge in [0.15, 0.2) is 16.4 Å². The quantitative estimate of drug-likeness (QED) is 0.418. The monoisotopic (exact) mass is 541 g/mol. The lowest BCUT2D eigenvalue weighted by atomic mass is 10.1. The first-order chi connectivity index (χ1) is 16.6. The van der Waals surface area contributed by atoms with E-state index in [0.717, 1.165) is 35.8 Å². The van der Waals surface area contributed by atoms with Gasteiger partial charge in [-0.25, -0.2) is 22.7 Å². The minimum Gasteiger partial charge on any atom is -0.465 e. The number of esters is 2. The number of aromatic nitrogens is 2. The highest BCUT2D eigenvalue weighted by atomic mass is 35.5. The summed E-state index contributed by atoms with van der Waals surface area (Å²) < 4.78 is 34.9. The van der Waals surface area contributed by atoms with E-state index in [2.05, 4.69) is 10.4 Å². The third kappa shape index (κ3) is 5.44. The Morgan fingerprint density at radius 1 is 1.31 bits per heavy atom. The lowest BCUT2D eigenvalue weighted by Gasteiger charge is -2.09. The summed E-state index contributed by atoms with van der Waals surface area (Å²) >= 11 is 7.72. The molecule has 2 aromatic heterocycles. The van der Waals surface area contributed by atoms with Crippen molar-refractivity contribution in [3.05, 3.63) is 38.5 Å². The molecule has 0 bridgehead atoms. The van der Waals surface area contributed by atoms with Crippen LogP contribution in [0.4, 0.5) is 5.00 Å². The Morgan fingerprint density at radius 3 is 2.77 bits per heavy atom. The van der Waals surface area contributed by atoms with Gasteiger partial charge in [0.25, 0.3) is 5.91 Å². The zero-order valence-electron chi connectivity index (χ0n) is 19.1. The summed E-state index contributed by atoms with van der Waals surface area (Å²) in [5, 5.41) is 7.58. The van der Waals surface area contributed by atoms with E-state index in [0.29, 0.717) is 28.2 Å². The number of fused-ring (bicyclic) bond motifs is 1. The van der Waals surface area contributed by atoms with Crippen molar-refractivity contribution in [3.8, 4) is 0 Å². The third-order valence-electron chi connectivity index (χ3n) is 5.92. The minimum atomic E-state index is -3.11. The van der Waals surface area contributed by atoms with Gasteiger partial charge in [0, 0.05) is 16.5 Å². The SMILES string of the molecule is COC(=O)c1c(NC(=O)COC(=O)/C=C/c2c(C)nn(C3CCS(=O)(=O)C3)c2Cl)sc2c1CCC2. The molecule has 1 atom stereocenters. The summed E-state index contributed by atoms with van der Waals surface area (Å²) in [4.78, 5) is 37.8. The van der Waals surface area contributed by atoms with Gasteiger partial charge in [0.2, 0.25) is 0 Å². The van der Waals surface area contributed by atoms with Gasteiger partial charge in [-0.3, -0.25) is 4.79 Å². The Bertz CT molecular complexity index is 1330. The number of sulfone groups is 1. The fraction of sp³-hybridized carbons (Fsp3) is 0.455. The number of thiophene rings is 1. The van der Waals surface area contributed by atoms with Crippen molar-refractivity contribution in [2.24, 2.45) is 0 Å². The van der Waals surface area contributed by atoms with Crippen LogP contribution in [0.3, 0.4) is 0 Å². The highest BCUT2D eigenvalue weighted by Gasteiger charge is 2.32. The van der Waals surface area contributed by atoms with Crippen LogP contribution < -0.4 is 5.32 Å². The number of amides is 1. The first-order valence-electron chi connectivity index (χ1n) is 10.9. The molecule has 35 heavy (non-hydrogen) atoms. The standard InChI is InChI=1S/C22H24ClN3O7S2/c1-12-14(20(23)26(25-12)13-8-9-35(30,31)11-13)6-7-18(28)33-10-17(27)24-21-19(22(29)32-2)15-4-3-5-16(15)34-21/h6-7,13H,3-5,8-11H2,1-2H3,(H,24,27)/b7-6+. The van der Waals surface area contributed by atoms with E-state index in [9.17, 15) is 22.8 Å². The Hall–Kier alpha value is -2.70. The second kappa shape index (κ2) is 10.1. The number of methoxy groups -OCH3 is 1. The molecule has 4 rings (SSSR count). The minimum absolute atomic E-state index is 0.0287. The van der Waals surface area contributed by atoms with Gasteiger partial charge in [0.1, 0.15) is 10.2 Å². The van der Waals surface area contributed by atoms with Gasteiger partial charge in [0.05, 0.1) is 35.9 Å². The Balaban J connectivity index is 1.36. The maximum atomic E-state index is 12.4. The first kappa shape index (κ1) is 25.4. The number of nitrogens with one attached hydrogen (secondary N) is 1. The Kier molecular flexibility index (Phi) is 7.34. The number of halogens is 1. The largest absolute Gasteiger partial charge is 0.465 e.